The summed E-state index contributed by atoms with van der Waals surface area (Å²) in [6.07, 6.45) is 1.72. The predicted molar refractivity (Wildman–Crippen MR) is 145 cm³/mol. The summed E-state index contributed by atoms with van der Waals surface area (Å²) in [4.78, 5) is 43.1. The van der Waals surface area contributed by atoms with Crippen LogP contribution in [0.15, 0.2) is 63.5 Å². The molecule has 0 saturated carbocycles. The fraction of sp³-hybridized carbons (Fsp3) is 0.310. The number of thiazole rings is 1. The number of benzene rings is 2. The van der Waals surface area contributed by atoms with Gasteiger partial charge in [0.25, 0.3) is 5.56 Å². The number of esters is 2. The Morgan fingerprint density at radius 3 is 2.32 bits per heavy atom. The van der Waals surface area contributed by atoms with Crippen molar-refractivity contribution in [2.45, 2.75) is 46.1 Å². The summed E-state index contributed by atoms with van der Waals surface area (Å²) in [6.45, 7) is 9.44. The molecule has 3 aromatic rings. The summed E-state index contributed by atoms with van der Waals surface area (Å²) >= 11 is 1.23. The smallest absolute Gasteiger partial charge is 0.338 e. The Morgan fingerprint density at radius 1 is 1.05 bits per heavy atom. The van der Waals surface area contributed by atoms with Gasteiger partial charge in [-0.3, -0.25) is 14.2 Å². The summed E-state index contributed by atoms with van der Waals surface area (Å²) < 4.78 is 17.6. The molecule has 0 fully saturated rings. The zero-order chi connectivity index (χ0) is 27.8. The molecule has 1 aromatic heterocycles. The van der Waals surface area contributed by atoms with Gasteiger partial charge >= 0.3 is 11.9 Å². The van der Waals surface area contributed by atoms with Gasteiger partial charge in [0.1, 0.15) is 0 Å². The van der Waals surface area contributed by atoms with Gasteiger partial charge in [0.15, 0.2) is 16.3 Å². The molecular weight excluding hydrogens is 504 g/mol. The maximum Gasteiger partial charge on any atom is 0.338 e. The first kappa shape index (κ1) is 27.1. The lowest BCUT2D eigenvalue weighted by Gasteiger charge is -2.25. The van der Waals surface area contributed by atoms with Crippen LogP contribution in [0.4, 0.5) is 0 Å². The fourth-order valence-electron chi connectivity index (χ4n) is 4.34. The number of methoxy groups -OCH3 is 2. The van der Waals surface area contributed by atoms with Crippen LogP contribution in [0.3, 0.4) is 0 Å². The van der Waals surface area contributed by atoms with Crippen molar-refractivity contribution in [1.82, 2.24) is 4.57 Å². The quantitative estimate of drug-likeness (QED) is 0.366. The van der Waals surface area contributed by atoms with E-state index in [1.54, 1.807) is 35.8 Å². The fourth-order valence-corrected chi connectivity index (χ4v) is 5.38. The molecule has 8 nitrogen and oxygen atoms in total. The topological polar surface area (TPSA) is 96.2 Å². The predicted octanol–water partition coefficient (Wildman–Crippen LogP) is 3.64. The van der Waals surface area contributed by atoms with Crippen molar-refractivity contribution in [1.29, 1.82) is 0 Å². The van der Waals surface area contributed by atoms with Gasteiger partial charge in [-0.25, -0.2) is 9.79 Å². The van der Waals surface area contributed by atoms with Crippen molar-refractivity contribution < 1.29 is 23.8 Å². The molecule has 0 radical (unpaired) electrons. The number of rotatable bonds is 5. The van der Waals surface area contributed by atoms with E-state index >= 15 is 0 Å². The number of nitrogens with zero attached hydrogens (tertiary/aromatic N) is 2. The third-order valence-corrected chi connectivity index (χ3v) is 7.24. The van der Waals surface area contributed by atoms with E-state index in [4.69, 9.17) is 14.2 Å². The molecular formula is C29H30N2O6S. The monoisotopic (exact) mass is 534 g/mol. The Morgan fingerprint density at radius 2 is 1.74 bits per heavy atom. The second-order valence-corrected chi connectivity index (χ2v) is 11.0. The van der Waals surface area contributed by atoms with E-state index in [9.17, 15) is 14.4 Å². The van der Waals surface area contributed by atoms with Crippen molar-refractivity contribution in [2.75, 3.05) is 14.2 Å². The van der Waals surface area contributed by atoms with Crippen LogP contribution in [0.25, 0.3) is 6.08 Å². The second kappa shape index (κ2) is 10.4. The highest BCUT2D eigenvalue weighted by molar-refractivity contribution is 7.07. The van der Waals surface area contributed by atoms with Gasteiger partial charge in [-0.1, -0.05) is 62.4 Å². The molecule has 1 aliphatic heterocycles. The minimum absolute atomic E-state index is 0.0457. The third-order valence-electron chi connectivity index (χ3n) is 6.26. The van der Waals surface area contributed by atoms with Gasteiger partial charge in [-0.05, 0) is 47.2 Å². The molecule has 2 aromatic carbocycles. The lowest BCUT2D eigenvalue weighted by Crippen LogP contribution is -2.39. The van der Waals surface area contributed by atoms with Crippen molar-refractivity contribution in [3.63, 3.8) is 0 Å². The Labute approximate surface area is 224 Å². The lowest BCUT2D eigenvalue weighted by atomic mass is 9.85. The minimum Gasteiger partial charge on any atom is -0.493 e. The number of hydrogen-bond acceptors (Lipinski definition) is 8. The van der Waals surface area contributed by atoms with Crippen LogP contribution in [-0.4, -0.2) is 30.7 Å². The van der Waals surface area contributed by atoms with Gasteiger partial charge in [0.2, 0.25) is 0 Å². The number of hydrogen-bond donors (Lipinski definition) is 0. The minimum atomic E-state index is -0.684. The Hall–Kier alpha value is -3.98. The van der Waals surface area contributed by atoms with Crippen LogP contribution in [0, 0.1) is 0 Å². The van der Waals surface area contributed by atoms with Crippen molar-refractivity contribution in [3.05, 3.63) is 90.1 Å². The molecule has 0 unspecified atom stereocenters. The largest absolute Gasteiger partial charge is 0.493 e. The van der Waals surface area contributed by atoms with E-state index in [1.165, 1.54) is 32.5 Å². The van der Waals surface area contributed by atoms with E-state index < -0.39 is 18.0 Å². The summed E-state index contributed by atoms with van der Waals surface area (Å²) in [5.74, 6) is -0.342. The highest BCUT2D eigenvalue weighted by atomic mass is 32.1. The molecule has 0 amide bonds. The number of carbonyl (C=O) groups excluding carboxylic acids is 2. The van der Waals surface area contributed by atoms with Crippen LogP contribution in [0.5, 0.6) is 11.5 Å². The zero-order valence-corrected chi connectivity index (χ0v) is 23.3. The van der Waals surface area contributed by atoms with Gasteiger partial charge in [-0.2, -0.15) is 0 Å². The molecule has 0 saturated heterocycles. The molecule has 1 atom stereocenters. The number of carbonyl (C=O) groups is 2. The van der Waals surface area contributed by atoms with Crippen LogP contribution in [-0.2, 0) is 19.7 Å². The van der Waals surface area contributed by atoms with E-state index in [-0.39, 0.29) is 16.7 Å². The molecule has 9 heteroatoms. The summed E-state index contributed by atoms with van der Waals surface area (Å²) in [5, 5.41) is 0. The lowest BCUT2D eigenvalue weighted by molar-refractivity contribution is -0.136. The molecule has 1 aliphatic rings. The Kier molecular flexibility index (Phi) is 7.42. The maximum absolute atomic E-state index is 13.8. The van der Waals surface area contributed by atoms with Gasteiger partial charge in [0.05, 0.1) is 36.1 Å². The molecule has 0 N–H and O–H groups in total. The second-order valence-electron chi connectivity index (χ2n) is 9.95. The molecule has 0 aliphatic carbocycles. The number of fused-ring (bicyclic) bond motifs is 1. The van der Waals surface area contributed by atoms with Crippen LogP contribution >= 0.6 is 11.3 Å². The first-order valence-electron chi connectivity index (χ1n) is 12.0. The van der Waals surface area contributed by atoms with Gasteiger partial charge < -0.3 is 14.2 Å². The molecule has 0 spiro atoms. The molecule has 2 heterocycles. The molecule has 0 bridgehead atoms. The molecule has 4 rings (SSSR count). The number of aromatic nitrogens is 1. The van der Waals surface area contributed by atoms with Crippen molar-refractivity contribution in [2.24, 2.45) is 4.99 Å². The first-order chi connectivity index (χ1) is 17.9. The van der Waals surface area contributed by atoms with Crippen LogP contribution in [0.2, 0.25) is 0 Å². The highest BCUT2D eigenvalue weighted by Gasteiger charge is 2.33. The standard InChI is InChI=1S/C29H30N2O6S/c1-16-24(27(34)36-7)25(19-9-11-20(12-10-19)29(3,4)5)31-26(33)23(38-28(31)30-16)15-18-8-13-21(37-17(2)32)22(14-18)35-6/h8-15,25H,1-7H3/b23-15-/t25-/m1/s1. The Balaban J connectivity index is 1.89. The first-order valence-corrected chi connectivity index (χ1v) is 12.8. The van der Waals surface area contributed by atoms with Crippen LogP contribution < -0.4 is 24.4 Å². The summed E-state index contributed by atoms with van der Waals surface area (Å²) in [5.41, 5.74) is 3.10. The Bertz CT molecular complexity index is 1620. The van der Waals surface area contributed by atoms with Crippen molar-refractivity contribution in [3.8, 4) is 11.5 Å². The van der Waals surface area contributed by atoms with E-state index in [0.717, 1.165) is 11.1 Å². The number of ether oxygens (including phenoxy) is 3. The zero-order valence-electron chi connectivity index (χ0n) is 22.4. The average Bonchev–Trinajstić information content (AvgIpc) is 3.17. The summed E-state index contributed by atoms with van der Waals surface area (Å²) in [6, 6.07) is 12.3. The highest BCUT2D eigenvalue weighted by Crippen LogP contribution is 2.32. The van der Waals surface area contributed by atoms with E-state index in [2.05, 4.69) is 25.8 Å². The molecule has 198 valence electrons. The van der Waals surface area contributed by atoms with E-state index in [1.807, 2.05) is 24.3 Å². The van der Waals surface area contributed by atoms with Crippen molar-refractivity contribution >= 4 is 29.4 Å². The number of allylic oxidation sites excluding steroid dienone is 1. The average molecular weight is 535 g/mol. The molecule has 38 heavy (non-hydrogen) atoms. The SMILES string of the molecule is COC(=O)C1=C(C)N=c2s/c(=C\c3ccc(OC(C)=O)c(OC)c3)c(=O)n2[C@@H]1c1ccc(C(C)(C)C)cc1. The third kappa shape index (κ3) is 5.19. The van der Waals surface area contributed by atoms with Gasteiger partial charge in [0, 0.05) is 6.92 Å². The summed E-state index contributed by atoms with van der Waals surface area (Å²) in [7, 11) is 2.79. The van der Waals surface area contributed by atoms with E-state index in [0.29, 0.717) is 31.9 Å². The normalized spacial score (nSPS) is 15.6. The maximum atomic E-state index is 13.8. The van der Waals surface area contributed by atoms with Gasteiger partial charge in [-0.15, -0.1) is 0 Å². The van der Waals surface area contributed by atoms with Crippen LogP contribution in [0.1, 0.15) is 57.4 Å².